The van der Waals surface area contributed by atoms with Crippen molar-refractivity contribution in [3.63, 3.8) is 0 Å². The van der Waals surface area contributed by atoms with Gasteiger partial charge in [-0.3, -0.25) is 15.0 Å². The highest BCUT2D eigenvalue weighted by molar-refractivity contribution is 6.08. The Hall–Kier alpha value is -4.46. The van der Waals surface area contributed by atoms with Gasteiger partial charge in [-0.05, 0) is 55.9 Å². The highest BCUT2D eigenvalue weighted by Gasteiger charge is 2.16. The summed E-state index contributed by atoms with van der Waals surface area (Å²) in [6.07, 6.45) is 1.42. The van der Waals surface area contributed by atoms with Gasteiger partial charge in [0.15, 0.2) is 0 Å². The van der Waals surface area contributed by atoms with Crippen LogP contribution < -0.4 is 21.3 Å². The number of likely N-dealkylation sites (N-methyl/N-ethyl adjacent to an activating group) is 1. The van der Waals surface area contributed by atoms with Crippen LogP contribution in [0.25, 0.3) is 0 Å². The molecule has 0 radical (unpaired) electrons. The van der Waals surface area contributed by atoms with Crippen LogP contribution in [0.5, 0.6) is 0 Å². The second kappa shape index (κ2) is 12.7. The first kappa shape index (κ1) is 26.6. The van der Waals surface area contributed by atoms with E-state index in [0.717, 1.165) is 32.7 Å². The van der Waals surface area contributed by atoms with Crippen molar-refractivity contribution >= 4 is 34.8 Å². The smallest absolute Gasteiger partial charge is 0.320 e. The van der Waals surface area contributed by atoms with Crippen molar-refractivity contribution in [1.29, 1.82) is 5.26 Å². The van der Waals surface area contributed by atoms with E-state index >= 15 is 0 Å². The molecule has 0 saturated carbocycles. The van der Waals surface area contributed by atoms with E-state index < -0.39 is 6.03 Å². The fourth-order valence-electron chi connectivity index (χ4n) is 4.07. The van der Waals surface area contributed by atoms with E-state index in [1.807, 2.05) is 31.2 Å². The number of pyridine rings is 1. The van der Waals surface area contributed by atoms with Gasteiger partial charge in [0.2, 0.25) is 0 Å². The van der Waals surface area contributed by atoms with Gasteiger partial charge in [0.05, 0.1) is 22.9 Å². The molecule has 3 amide bonds. The quantitative estimate of drug-likeness (QED) is 0.361. The highest BCUT2D eigenvalue weighted by Crippen LogP contribution is 2.25. The number of nitrogens with zero attached hydrogens (tertiary/aromatic N) is 4. The number of aromatic nitrogens is 1. The van der Waals surface area contributed by atoms with Crippen molar-refractivity contribution in [3.05, 3.63) is 77.5 Å². The summed E-state index contributed by atoms with van der Waals surface area (Å²) in [5.74, 6) is -0.0538. The molecule has 0 unspecified atom stereocenters. The van der Waals surface area contributed by atoms with Gasteiger partial charge in [-0.25, -0.2) is 9.78 Å². The maximum absolute atomic E-state index is 13.2. The molecule has 2 heterocycles. The lowest BCUT2D eigenvalue weighted by molar-refractivity contribution is 0.102. The first-order valence-electron chi connectivity index (χ1n) is 12.6. The summed E-state index contributed by atoms with van der Waals surface area (Å²) in [6, 6.07) is 18.0. The van der Waals surface area contributed by atoms with Crippen LogP contribution in [0.4, 0.5) is 27.7 Å². The molecule has 1 fully saturated rings. The first-order chi connectivity index (χ1) is 18.4. The van der Waals surface area contributed by atoms with Gasteiger partial charge in [0, 0.05) is 62.9 Å². The zero-order chi connectivity index (χ0) is 26.9. The molecule has 0 bridgehead atoms. The van der Waals surface area contributed by atoms with Gasteiger partial charge in [0.25, 0.3) is 5.91 Å². The van der Waals surface area contributed by atoms with Gasteiger partial charge < -0.3 is 20.9 Å². The van der Waals surface area contributed by atoms with Crippen LogP contribution in [0, 0.1) is 11.3 Å². The number of hydrogen-bond donors (Lipinski definition) is 4. The van der Waals surface area contributed by atoms with E-state index in [0.29, 0.717) is 34.7 Å². The van der Waals surface area contributed by atoms with Crippen molar-refractivity contribution in [2.75, 3.05) is 55.7 Å². The van der Waals surface area contributed by atoms with Crippen LogP contribution in [0.3, 0.4) is 0 Å². The van der Waals surface area contributed by atoms with E-state index in [-0.39, 0.29) is 11.7 Å². The Bertz CT molecular complexity index is 1290. The van der Waals surface area contributed by atoms with Gasteiger partial charge in [-0.15, -0.1) is 0 Å². The average molecular weight is 513 g/mol. The molecule has 0 spiro atoms. The summed E-state index contributed by atoms with van der Waals surface area (Å²) in [4.78, 5) is 34.2. The lowest BCUT2D eigenvalue weighted by atomic mass is 10.1. The molecule has 1 aliphatic rings. The minimum atomic E-state index is -0.391. The van der Waals surface area contributed by atoms with E-state index in [9.17, 15) is 9.59 Å². The molecule has 0 atom stereocenters. The molecule has 2 aromatic carbocycles. The average Bonchev–Trinajstić information content (AvgIpc) is 2.92. The van der Waals surface area contributed by atoms with E-state index in [1.165, 1.54) is 11.8 Å². The standard InChI is InChI=1S/C28H32N8O2/c1-3-30-28(38)34-26-16-25(32-22-8-4-20(17-29)5-9-22)24(18-31-26)27(37)33-23-10-6-21(7-11-23)19-36-14-12-35(2)13-15-36/h4-11,16,18H,3,12-15,19H2,1-2H3,(H,33,37)(H3,30,31,32,34,38). The predicted octanol–water partition coefficient (Wildman–Crippen LogP) is 3.84. The molecule has 4 rings (SSSR count). The lowest BCUT2D eigenvalue weighted by Crippen LogP contribution is -2.43. The Morgan fingerprint density at radius 2 is 1.66 bits per heavy atom. The number of carbonyl (C=O) groups is 2. The third-order valence-electron chi connectivity index (χ3n) is 6.23. The molecule has 4 N–H and O–H groups in total. The molecule has 10 nitrogen and oxygen atoms in total. The second-order valence-corrected chi connectivity index (χ2v) is 9.14. The molecular weight excluding hydrogens is 480 g/mol. The topological polar surface area (TPSA) is 125 Å². The summed E-state index contributed by atoms with van der Waals surface area (Å²) in [6.45, 7) is 7.39. The van der Waals surface area contributed by atoms with E-state index in [4.69, 9.17) is 5.26 Å². The summed E-state index contributed by atoms with van der Waals surface area (Å²) >= 11 is 0. The lowest BCUT2D eigenvalue weighted by Gasteiger charge is -2.32. The number of carbonyl (C=O) groups excluding carboxylic acids is 2. The van der Waals surface area contributed by atoms with Crippen LogP contribution in [0.2, 0.25) is 0 Å². The highest BCUT2D eigenvalue weighted by atomic mass is 16.2. The van der Waals surface area contributed by atoms with Crippen LogP contribution >= 0.6 is 0 Å². The number of rotatable bonds is 8. The number of hydrogen-bond acceptors (Lipinski definition) is 7. The minimum absolute atomic E-state index is 0.289. The fraction of sp³-hybridized carbons (Fsp3) is 0.286. The van der Waals surface area contributed by atoms with Crippen molar-refractivity contribution in [2.45, 2.75) is 13.5 Å². The molecule has 10 heteroatoms. The van der Waals surface area contributed by atoms with Crippen LogP contribution in [0.1, 0.15) is 28.4 Å². The number of anilines is 4. The summed E-state index contributed by atoms with van der Waals surface area (Å²) < 4.78 is 0. The Kier molecular flexibility index (Phi) is 8.87. The van der Waals surface area contributed by atoms with Crippen molar-refractivity contribution in [3.8, 4) is 6.07 Å². The molecule has 38 heavy (non-hydrogen) atoms. The van der Waals surface area contributed by atoms with Crippen molar-refractivity contribution in [2.24, 2.45) is 0 Å². The Morgan fingerprint density at radius 3 is 2.32 bits per heavy atom. The molecule has 0 aliphatic carbocycles. The largest absolute Gasteiger partial charge is 0.355 e. The van der Waals surface area contributed by atoms with Crippen LogP contribution in [-0.2, 0) is 6.54 Å². The van der Waals surface area contributed by atoms with Gasteiger partial charge in [-0.1, -0.05) is 12.1 Å². The summed E-state index contributed by atoms with van der Waals surface area (Å²) in [7, 11) is 2.14. The van der Waals surface area contributed by atoms with E-state index in [1.54, 1.807) is 30.3 Å². The SMILES string of the molecule is CCNC(=O)Nc1cc(Nc2ccc(C#N)cc2)c(C(=O)Nc2ccc(CN3CCN(C)CC3)cc2)cn1. The Balaban J connectivity index is 1.48. The second-order valence-electron chi connectivity index (χ2n) is 9.14. The summed E-state index contributed by atoms with van der Waals surface area (Å²) in [5.41, 5.74) is 3.83. The molecule has 3 aromatic rings. The molecular formula is C28H32N8O2. The molecule has 1 saturated heterocycles. The number of benzene rings is 2. The van der Waals surface area contributed by atoms with Gasteiger partial charge in [-0.2, -0.15) is 5.26 Å². The maximum atomic E-state index is 13.2. The maximum Gasteiger partial charge on any atom is 0.320 e. The van der Waals surface area contributed by atoms with Crippen molar-refractivity contribution < 1.29 is 9.59 Å². The third kappa shape index (κ3) is 7.29. The van der Waals surface area contributed by atoms with Gasteiger partial charge >= 0.3 is 6.03 Å². The zero-order valence-electron chi connectivity index (χ0n) is 21.6. The fourth-order valence-corrected chi connectivity index (χ4v) is 4.07. The Labute approximate surface area is 222 Å². The normalized spacial score (nSPS) is 13.8. The number of nitriles is 1. The van der Waals surface area contributed by atoms with Crippen molar-refractivity contribution in [1.82, 2.24) is 20.1 Å². The Morgan fingerprint density at radius 1 is 0.974 bits per heavy atom. The molecule has 196 valence electrons. The molecule has 1 aliphatic heterocycles. The first-order valence-corrected chi connectivity index (χ1v) is 12.6. The third-order valence-corrected chi connectivity index (χ3v) is 6.23. The number of amides is 3. The summed E-state index contributed by atoms with van der Waals surface area (Å²) in [5, 5.41) is 20.5. The van der Waals surface area contributed by atoms with Crippen LogP contribution in [-0.4, -0.2) is 66.5 Å². The monoisotopic (exact) mass is 512 g/mol. The van der Waals surface area contributed by atoms with E-state index in [2.05, 4.69) is 49.2 Å². The molecule has 1 aromatic heterocycles. The number of piperazine rings is 1. The zero-order valence-corrected chi connectivity index (χ0v) is 21.6. The number of nitrogens with one attached hydrogen (secondary N) is 4. The number of urea groups is 1. The minimum Gasteiger partial charge on any atom is -0.355 e. The van der Waals surface area contributed by atoms with Crippen LogP contribution in [0.15, 0.2) is 60.8 Å². The predicted molar refractivity (Wildman–Crippen MR) is 149 cm³/mol. The van der Waals surface area contributed by atoms with Gasteiger partial charge in [0.1, 0.15) is 5.82 Å².